The van der Waals surface area contributed by atoms with E-state index in [4.69, 9.17) is 0 Å². The molecule has 146 valence electrons. The van der Waals surface area contributed by atoms with Gasteiger partial charge in [-0.3, -0.25) is 10.1 Å². The monoisotopic (exact) mass is 394 g/mol. The lowest BCUT2D eigenvalue weighted by Gasteiger charge is -2.31. The van der Waals surface area contributed by atoms with Gasteiger partial charge in [0.15, 0.2) is 0 Å². The number of hydrogen-bond donors (Lipinski definition) is 3. The Kier molecular flexibility index (Phi) is 5.69. The van der Waals surface area contributed by atoms with E-state index in [0.717, 1.165) is 12.0 Å². The molecule has 1 aliphatic carbocycles. The molecule has 2 rings (SSSR count). The Labute approximate surface area is 157 Å². The predicted octanol–water partition coefficient (Wildman–Crippen LogP) is 1.69. The number of carbonyl (C=O) groups is 2. The molecule has 0 saturated carbocycles. The number of carboxylic acids is 1. The van der Waals surface area contributed by atoms with E-state index in [-0.39, 0.29) is 5.95 Å². The summed E-state index contributed by atoms with van der Waals surface area (Å²) in [5.41, 5.74) is 2.31. The van der Waals surface area contributed by atoms with Crippen LogP contribution in [0.15, 0.2) is 24.3 Å². The van der Waals surface area contributed by atoms with Crippen molar-refractivity contribution >= 4 is 28.0 Å². The summed E-state index contributed by atoms with van der Waals surface area (Å²) in [5.74, 6) is -2.68. The summed E-state index contributed by atoms with van der Waals surface area (Å²) in [6, 6.07) is -1.06. The summed E-state index contributed by atoms with van der Waals surface area (Å²) < 4.78 is 25.4. The average Bonchev–Trinajstić information content (AvgIpc) is 2.53. The van der Waals surface area contributed by atoms with Crippen molar-refractivity contribution in [1.82, 2.24) is 14.7 Å². The third kappa shape index (κ3) is 4.00. The highest BCUT2D eigenvalue weighted by Crippen LogP contribution is 2.32. The summed E-state index contributed by atoms with van der Waals surface area (Å²) in [7, 11) is -4.37. The zero-order valence-electron chi connectivity index (χ0n) is 15.5. The van der Waals surface area contributed by atoms with Gasteiger partial charge in [0.25, 0.3) is 0 Å². The first-order valence-electron chi connectivity index (χ1n) is 8.28. The van der Waals surface area contributed by atoms with Gasteiger partial charge in [0, 0.05) is 11.4 Å². The number of carboxylic acid groups (broad SMARTS) is 1. The zero-order chi connectivity index (χ0) is 20.4. The second kappa shape index (κ2) is 7.47. The third-order valence-electron chi connectivity index (χ3n) is 4.53. The third-order valence-corrected chi connectivity index (χ3v) is 6.53. The number of sulfonamides is 1. The van der Waals surface area contributed by atoms with Crippen LogP contribution < -0.4 is 10.0 Å². The lowest BCUT2D eigenvalue weighted by atomic mass is 9.89. The van der Waals surface area contributed by atoms with Crippen LogP contribution in [0.2, 0.25) is 0 Å². The van der Waals surface area contributed by atoms with Crippen molar-refractivity contribution in [3.8, 4) is 0 Å². The van der Waals surface area contributed by atoms with E-state index in [1.165, 1.54) is 31.2 Å². The van der Waals surface area contributed by atoms with Crippen LogP contribution in [0.5, 0.6) is 0 Å². The highest BCUT2D eigenvalue weighted by Gasteiger charge is 2.48. The Balaban J connectivity index is 2.23. The van der Waals surface area contributed by atoms with E-state index < -0.39 is 32.7 Å². The molecule has 0 radical (unpaired) electrons. The number of nitrogens with zero attached hydrogens (tertiary/aromatic N) is 2. The molecule has 0 saturated heterocycles. The van der Waals surface area contributed by atoms with Crippen LogP contribution in [0.25, 0.3) is 0 Å². The Hall–Kier alpha value is -2.75. The molecule has 1 heterocycles. The first-order valence-corrected chi connectivity index (χ1v) is 9.76. The van der Waals surface area contributed by atoms with Crippen LogP contribution in [0, 0.1) is 19.8 Å². The molecular formula is C17H22N4O5S. The Bertz CT molecular complexity index is 916. The van der Waals surface area contributed by atoms with Crippen molar-refractivity contribution in [2.75, 3.05) is 5.32 Å². The number of allylic oxidation sites excluding steroid dienone is 2. The van der Waals surface area contributed by atoms with Gasteiger partial charge >= 0.3 is 12.0 Å². The minimum absolute atomic E-state index is 0.0334. The molecule has 3 N–H and O–H groups in total. The number of aryl methyl sites for hydroxylation is 2. The Morgan fingerprint density at radius 3 is 2.33 bits per heavy atom. The lowest BCUT2D eigenvalue weighted by Crippen LogP contribution is -2.52. The first-order chi connectivity index (χ1) is 12.5. The minimum Gasteiger partial charge on any atom is -0.481 e. The molecule has 2 unspecified atom stereocenters. The van der Waals surface area contributed by atoms with Crippen molar-refractivity contribution in [3.05, 3.63) is 41.3 Å². The number of anilines is 1. The SMILES string of the molecule is CCc1c(C)nc(NC(=O)NS(=O)(=O)C2(C)C=CC=CC2C(=O)O)nc1C. The molecule has 2 amide bonds. The molecule has 9 nitrogen and oxygen atoms in total. The fourth-order valence-electron chi connectivity index (χ4n) is 2.97. The Morgan fingerprint density at radius 2 is 1.81 bits per heavy atom. The summed E-state index contributed by atoms with van der Waals surface area (Å²) in [4.78, 5) is 31.9. The Morgan fingerprint density at radius 1 is 1.22 bits per heavy atom. The van der Waals surface area contributed by atoms with E-state index in [2.05, 4.69) is 15.3 Å². The number of urea groups is 1. The van der Waals surface area contributed by atoms with E-state index in [1.54, 1.807) is 13.8 Å². The number of aromatic nitrogens is 2. The fourth-order valence-corrected chi connectivity index (χ4v) is 4.25. The van der Waals surface area contributed by atoms with Gasteiger partial charge in [-0.05, 0) is 32.8 Å². The number of rotatable bonds is 5. The second-order valence-corrected chi connectivity index (χ2v) is 8.44. The van der Waals surface area contributed by atoms with Gasteiger partial charge in [-0.2, -0.15) is 0 Å². The van der Waals surface area contributed by atoms with Crippen LogP contribution in [0.1, 0.15) is 30.8 Å². The molecule has 0 spiro atoms. The van der Waals surface area contributed by atoms with E-state index in [0.29, 0.717) is 11.4 Å². The fraction of sp³-hybridized carbons (Fsp3) is 0.412. The van der Waals surface area contributed by atoms with Gasteiger partial charge in [-0.15, -0.1) is 0 Å². The number of amides is 2. The maximum atomic E-state index is 12.7. The average molecular weight is 394 g/mol. The number of carbonyl (C=O) groups excluding carboxylic acids is 1. The highest BCUT2D eigenvalue weighted by molar-refractivity contribution is 7.91. The smallest absolute Gasteiger partial charge is 0.335 e. The summed E-state index contributed by atoms with van der Waals surface area (Å²) in [5, 5.41) is 11.6. The van der Waals surface area contributed by atoms with Gasteiger partial charge in [-0.1, -0.05) is 31.2 Å². The van der Waals surface area contributed by atoms with E-state index in [1.807, 2.05) is 11.6 Å². The molecular weight excluding hydrogens is 372 g/mol. The summed E-state index contributed by atoms with van der Waals surface area (Å²) >= 11 is 0. The van der Waals surface area contributed by atoms with Gasteiger partial charge in [-0.25, -0.2) is 27.9 Å². The molecule has 0 aliphatic heterocycles. The number of hydrogen-bond acceptors (Lipinski definition) is 6. The van der Waals surface area contributed by atoms with Crippen molar-refractivity contribution in [1.29, 1.82) is 0 Å². The van der Waals surface area contributed by atoms with Crippen LogP contribution in [0.3, 0.4) is 0 Å². The van der Waals surface area contributed by atoms with E-state index >= 15 is 0 Å². The van der Waals surface area contributed by atoms with Crippen LogP contribution >= 0.6 is 0 Å². The van der Waals surface area contributed by atoms with Gasteiger partial charge < -0.3 is 5.11 Å². The quantitative estimate of drug-likeness (QED) is 0.691. The van der Waals surface area contributed by atoms with Gasteiger partial charge in [0.05, 0.1) is 5.92 Å². The van der Waals surface area contributed by atoms with Crippen molar-refractivity contribution in [3.63, 3.8) is 0 Å². The van der Waals surface area contributed by atoms with Gasteiger partial charge in [0.1, 0.15) is 4.75 Å². The van der Waals surface area contributed by atoms with Crippen LogP contribution in [-0.4, -0.2) is 40.2 Å². The normalized spacial score (nSPS) is 21.7. The first kappa shape index (κ1) is 20.6. The van der Waals surface area contributed by atoms with Crippen LogP contribution in [0.4, 0.5) is 10.7 Å². The molecule has 0 aromatic carbocycles. The molecule has 1 aromatic rings. The molecule has 27 heavy (non-hydrogen) atoms. The maximum absolute atomic E-state index is 12.7. The highest BCUT2D eigenvalue weighted by atomic mass is 32.2. The molecule has 10 heteroatoms. The molecule has 0 bridgehead atoms. The van der Waals surface area contributed by atoms with Crippen LogP contribution in [-0.2, 0) is 21.2 Å². The maximum Gasteiger partial charge on any atom is 0.335 e. The molecule has 0 fully saturated rings. The lowest BCUT2D eigenvalue weighted by molar-refractivity contribution is -0.140. The molecule has 2 atom stereocenters. The topological polar surface area (TPSA) is 138 Å². The van der Waals surface area contributed by atoms with Crippen molar-refractivity contribution in [2.45, 2.75) is 38.9 Å². The predicted molar refractivity (Wildman–Crippen MR) is 99.8 cm³/mol. The van der Waals surface area contributed by atoms with Gasteiger partial charge in [0.2, 0.25) is 16.0 Å². The van der Waals surface area contributed by atoms with E-state index in [9.17, 15) is 23.1 Å². The second-order valence-electron chi connectivity index (χ2n) is 6.35. The standard InChI is InChI=1S/C17H22N4O5S/c1-5-12-10(2)18-15(19-11(12)3)20-16(24)21-27(25,26)17(4)9-7-6-8-13(17)14(22)23/h6-9,13H,5H2,1-4H3,(H,22,23)(H2,18,19,20,21,24). The number of aliphatic carboxylic acids is 1. The van der Waals surface area contributed by atoms with Crippen molar-refractivity contribution < 1.29 is 23.1 Å². The minimum atomic E-state index is -4.37. The molecule has 1 aromatic heterocycles. The largest absolute Gasteiger partial charge is 0.481 e. The summed E-state index contributed by atoms with van der Waals surface area (Å²) in [6.45, 7) is 6.73. The zero-order valence-corrected chi connectivity index (χ0v) is 16.3. The molecule has 1 aliphatic rings. The number of nitrogens with one attached hydrogen (secondary N) is 2. The summed E-state index contributed by atoms with van der Waals surface area (Å²) in [6.07, 6.45) is 6.11. The van der Waals surface area contributed by atoms with Crippen molar-refractivity contribution in [2.24, 2.45) is 5.92 Å².